The lowest BCUT2D eigenvalue weighted by atomic mass is 10.0. The van der Waals surface area contributed by atoms with Crippen LogP contribution in [0, 0.1) is 0 Å². The first-order valence-electron chi connectivity index (χ1n) is 5.37. The van der Waals surface area contributed by atoms with Gasteiger partial charge in [-0.1, -0.05) is 30.3 Å². The number of carbonyl (C=O) groups excluding carboxylic acids is 1. The minimum atomic E-state index is -1.05. The Kier molecular flexibility index (Phi) is 4.62. The maximum atomic E-state index is 11.8. The van der Waals surface area contributed by atoms with E-state index in [0.29, 0.717) is 5.56 Å². The second-order valence-electron chi connectivity index (χ2n) is 4.25. The van der Waals surface area contributed by atoms with Gasteiger partial charge in [0, 0.05) is 0 Å². The van der Waals surface area contributed by atoms with E-state index in [2.05, 4.69) is 5.32 Å². The molecule has 0 saturated carbocycles. The zero-order chi connectivity index (χ0) is 12.9. The van der Waals surface area contributed by atoms with E-state index in [-0.39, 0.29) is 13.2 Å². The van der Waals surface area contributed by atoms with Gasteiger partial charge in [0.05, 0.1) is 18.8 Å². The first kappa shape index (κ1) is 13.6. The van der Waals surface area contributed by atoms with Crippen molar-refractivity contribution in [3.8, 4) is 0 Å². The van der Waals surface area contributed by atoms with Gasteiger partial charge in [-0.15, -0.1) is 0 Å². The second kappa shape index (κ2) is 5.77. The van der Waals surface area contributed by atoms with Gasteiger partial charge in [-0.05, 0) is 12.5 Å². The molecule has 5 heteroatoms. The van der Waals surface area contributed by atoms with Crippen molar-refractivity contribution in [2.45, 2.75) is 18.5 Å². The average Bonchev–Trinajstić information content (AvgIpc) is 2.38. The summed E-state index contributed by atoms with van der Waals surface area (Å²) in [7, 11) is 0. The van der Waals surface area contributed by atoms with Gasteiger partial charge in [-0.3, -0.25) is 4.79 Å². The fourth-order valence-electron chi connectivity index (χ4n) is 1.32. The predicted molar refractivity (Wildman–Crippen MR) is 64.1 cm³/mol. The molecule has 5 nitrogen and oxygen atoms in total. The molecule has 94 valence electrons. The number of amides is 1. The predicted octanol–water partition coefficient (Wildman–Crippen LogP) is -0.454. The zero-order valence-electron chi connectivity index (χ0n) is 9.76. The summed E-state index contributed by atoms with van der Waals surface area (Å²) in [5.41, 5.74) is 5.41. The third kappa shape index (κ3) is 3.52. The van der Waals surface area contributed by atoms with Crippen LogP contribution in [0.4, 0.5) is 0 Å². The van der Waals surface area contributed by atoms with E-state index in [0.717, 1.165) is 0 Å². The van der Waals surface area contributed by atoms with Crippen molar-refractivity contribution in [3.63, 3.8) is 0 Å². The quantitative estimate of drug-likeness (QED) is 0.558. The number of nitrogens with two attached hydrogens (primary N) is 1. The van der Waals surface area contributed by atoms with Gasteiger partial charge in [0.2, 0.25) is 5.91 Å². The number of rotatable bonds is 5. The first-order valence-corrected chi connectivity index (χ1v) is 5.37. The molecule has 1 rings (SSSR count). The third-order valence-corrected chi connectivity index (χ3v) is 2.56. The van der Waals surface area contributed by atoms with E-state index in [9.17, 15) is 4.79 Å². The van der Waals surface area contributed by atoms with Crippen molar-refractivity contribution < 1.29 is 15.0 Å². The fourth-order valence-corrected chi connectivity index (χ4v) is 1.32. The summed E-state index contributed by atoms with van der Waals surface area (Å²) in [4.78, 5) is 11.8. The summed E-state index contributed by atoms with van der Waals surface area (Å²) in [5, 5.41) is 20.7. The van der Waals surface area contributed by atoms with E-state index in [4.69, 9.17) is 15.9 Å². The van der Waals surface area contributed by atoms with Gasteiger partial charge >= 0.3 is 0 Å². The molecule has 1 aromatic carbocycles. The molecule has 0 heterocycles. The van der Waals surface area contributed by atoms with E-state index in [1.807, 2.05) is 6.07 Å². The number of aliphatic hydroxyl groups is 2. The summed E-state index contributed by atoms with van der Waals surface area (Å²) >= 11 is 0. The molecule has 0 aliphatic rings. The van der Waals surface area contributed by atoms with Gasteiger partial charge in [0.25, 0.3) is 0 Å². The molecule has 1 atom stereocenters. The molecule has 0 radical (unpaired) electrons. The lowest BCUT2D eigenvalue weighted by molar-refractivity contribution is -0.125. The van der Waals surface area contributed by atoms with Gasteiger partial charge in [0.1, 0.15) is 6.04 Å². The third-order valence-electron chi connectivity index (χ3n) is 2.56. The maximum absolute atomic E-state index is 11.8. The molecule has 1 amide bonds. The minimum absolute atomic E-state index is 0.350. The molecule has 0 bridgehead atoms. The lowest BCUT2D eigenvalue weighted by Gasteiger charge is -2.27. The smallest absolute Gasteiger partial charge is 0.242 e. The van der Waals surface area contributed by atoms with E-state index < -0.39 is 17.5 Å². The number of nitrogens with one attached hydrogen (secondary N) is 1. The molecule has 0 saturated heterocycles. The van der Waals surface area contributed by atoms with Crippen LogP contribution in [0.2, 0.25) is 0 Å². The molecule has 17 heavy (non-hydrogen) atoms. The van der Waals surface area contributed by atoms with Crippen LogP contribution in [0.3, 0.4) is 0 Å². The number of carbonyl (C=O) groups is 1. The van der Waals surface area contributed by atoms with Crippen LogP contribution < -0.4 is 11.1 Å². The second-order valence-corrected chi connectivity index (χ2v) is 4.25. The highest BCUT2D eigenvalue weighted by atomic mass is 16.3. The largest absolute Gasteiger partial charge is 0.394 e. The Hall–Kier alpha value is -1.43. The van der Waals surface area contributed by atoms with E-state index in [1.165, 1.54) is 0 Å². The van der Waals surface area contributed by atoms with Crippen molar-refractivity contribution >= 4 is 5.91 Å². The normalized spacial score (nSPS) is 13.2. The molecule has 0 aliphatic carbocycles. The highest BCUT2D eigenvalue weighted by Crippen LogP contribution is 2.11. The van der Waals surface area contributed by atoms with Crippen LogP contribution in [0.1, 0.15) is 18.5 Å². The van der Waals surface area contributed by atoms with Crippen molar-refractivity contribution in [3.05, 3.63) is 35.9 Å². The highest BCUT2D eigenvalue weighted by molar-refractivity contribution is 5.83. The molecule has 1 aromatic rings. The topological polar surface area (TPSA) is 95.6 Å². The standard InChI is InChI=1S/C12H18N2O3/c1-12(7-15,8-16)14-11(17)10(13)9-5-3-2-4-6-9/h2-6,10,15-16H,7-8,13H2,1H3,(H,14,17). The Labute approximate surface area is 100 Å². The Morgan fingerprint density at radius 2 is 1.88 bits per heavy atom. The molecule has 5 N–H and O–H groups in total. The maximum Gasteiger partial charge on any atom is 0.242 e. The number of benzene rings is 1. The fraction of sp³-hybridized carbons (Fsp3) is 0.417. The van der Waals surface area contributed by atoms with Crippen molar-refractivity contribution in [1.29, 1.82) is 0 Å². The molecule has 0 aromatic heterocycles. The number of hydrogen-bond donors (Lipinski definition) is 4. The molecular weight excluding hydrogens is 220 g/mol. The summed E-state index contributed by atoms with van der Waals surface area (Å²) in [6.45, 7) is 0.843. The molecule has 0 spiro atoms. The Morgan fingerprint density at radius 3 is 2.35 bits per heavy atom. The Morgan fingerprint density at radius 1 is 1.35 bits per heavy atom. The Bertz CT molecular complexity index is 363. The molecular formula is C12H18N2O3. The number of hydrogen-bond acceptors (Lipinski definition) is 4. The van der Waals surface area contributed by atoms with Crippen LogP contribution >= 0.6 is 0 Å². The minimum Gasteiger partial charge on any atom is -0.394 e. The van der Waals surface area contributed by atoms with Crippen LogP contribution in [0.25, 0.3) is 0 Å². The van der Waals surface area contributed by atoms with E-state index >= 15 is 0 Å². The van der Waals surface area contributed by atoms with Gasteiger partial charge in [-0.2, -0.15) is 0 Å². The van der Waals surface area contributed by atoms with Gasteiger partial charge in [0.15, 0.2) is 0 Å². The van der Waals surface area contributed by atoms with Crippen LogP contribution in [-0.4, -0.2) is 34.9 Å². The van der Waals surface area contributed by atoms with Crippen molar-refractivity contribution in [2.75, 3.05) is 13.2 Å². The highest BCUT2D eigenvalue weighted by Gasteiger charge is 2.27. The summed E-state index contributed by atoms with van der Waals surface area (Å²) in [5.74, 6) is -0.429. The lowest BCUT2D eigenvalue weighted by Crippen LogP contribution is -2.54. The van der Waals surface area contributed by atoms with Gasteiger partial charge < -0.3 is 21.3 Å². The van der Waals surface area contributed by atoms with Crippen LogP contribution in [0.5, 0.6) is 0 Å². The van der Waals surface area contributed by atoms with E-state index in [1.54, 1.807) is 31.2 Å². The summed E-state index contributed by atoms with van der Waals surface area (Å²) in [6.07, 6.45) is 0. The molecule has 0 aliphatic heterocycles. The van der Waals surface area contributed by atoms with Gasteiger partial charge in [-0.25, -0.2) is 0 Å². The van der Waals surface area contributed by atoms with Crippen LogP contribution in [0.15, 0.2) is 30.3 Å². The van der Waals surface area contributed by atoms with Crippen LogP contribution in [-0.2, 0) is 4.79 Å². The van der Waals surface area contributed by atoms with Crippen molar-refractivity contribution in [2.24, 2.45) is 5.73 Å². The summed E-state index contributed by atoms with van der Waals surface area (Å²) < 4.78 is 0. The Balaban J connectivity index is 2.71. The molecule has 1 unspecified atom stereocenters. The number of aliphatic hydroxyl groups excluding tert-OH is 2. The monoisotopic (exact) mass is 238 g/mol. The average molecular weight is 238 g/mol. The first-order chi connectivity index (χ1) is 8.02. The zero-order valence-corrected chi connectivity index (χ0v) is 9.76. The SMILES string of the molecule is CC(CO)(CO)NC(=O)C(N)c1ccccc1. The summed E-state index contributed by atoms with van der Waals surface area (Å²) in [6, 6.07) is 8.10. The van der Waals surface area contributed by atoms with Crippen molar-refractivity contribution in [1.82, 2.24) is 5.32 Å². The molecule has 0 fully saturated rings.